The van der Waals surface area contributed by atoms with Gasteiger partial charge in [0.15, 0.2) is 5.13 Å². The third-order valence-corrected chi connectivity index (χ3v) is 6.41. The third-order valence-electron chi connectivity index (χ3n) is 5.47. The van der Waals surface area contributed by atoms with Gasteiger partial charge in [-0.2, -0.15) is 0 Å². The first kappa shape index (κ1) is 20.0. The molecule has 1 unspecified atom stereocenters. The number of carbonyl (C=O) groups is 1. The van der Waals surface area contributed by atoms with Gasteiger partial charge in [-0.05, 0) is 45.1 Å². The molecule has 1 amide bonds. The number of nitrogens with zero attached hydrogens (tertiary/aromatic N) is 3. The van der Waals surface area contributed by atoms with Gasteiger partial charge in [-0.25, -0.2) is 4.98 Å². The molecular weight excluding hydrogens is 380 g/mol. The van der Waals surface area contributed by atoms with Crippen molar-refractivity contribution in [2.75, 3.05) is 45.6 Å². The second kappa shape index (κ2) is 9.03. The first-order chi connectivity index (χ1) is 14.1. The van der Waals surface area contributed by atoms with Crippen LogP contribution in [0.2, 0.25) is 0 Å². The Kier molecular flexibility index (Phi) is 6.23. The highest BCUT2D eigenvalue weighted by molar-refractivity contribution is 7.22. The van der Waals surface area contributed by atoms with Crippen LogP contribution in [0.25, 0.3) is 21.3 Å². The number of piperidine rings is 1. The number of thiazole rings is 1. The highest BCUT2D eigenvalue weighted by Crippen LogP contribution is 2.34. The van der Waals surface area contributed by atoms with Crippen molar-refractivity contribution >= 4 is 32.6 Å². The Morgan fingerprint density at radius 3 is 2.83 bits per heavy atom. The predicted molar refractivity (Wildman–Crippen MR) is 121 cm³/mol. The van der Waals surface area contributed by atoms with E-state index in [4.69, 9.17) is 4.98 Å². The Bertz CT molecular complexity index is 969. The zero-order valence-electron chi connectivity index (χ0n) is 17.1. The number of rotatable bonds is 6. The number of hydrogen-bond donors (Lipinski definition) is 1. The van der Waals surface area contributed by atoms with E-state index in [0.29, 0.717) is 5.13 Å². The van der Waals surface area contributed by atoms with Crippen LogP contribution >= 0.6 is 11.3 Å². The largest absolute Gasteiger partial charge is 0.308 e. The molecule has 1 aliphatic rings. The molecule has 29 heavy (non-hydrogen) atoms. The average molecular weight is 409 g/mol. The molecule has 0 bridgehead atoms. The molecule has 0 radical (unpaired) electrons. The van der Waals surface area contributed by atoms with Crippen molar-refractivity contribution in [1.29, 1.82) is 0 Å². The van der Waals surface area contributed by atoms with Gasteiger partial charge in [0.25, 0.3) is 0 Å². The summed E-state index contributed by atoms with van der Waals surface area (Å²) < 4.78 is 1.10. The summed E-state index contributed by atoms with van der Waals surface area (Å²) in [4.78, 5) is 22.3. The molecule has 5 nitrogen and oxygen atoms in total. The van der Waals surface area contributed by atoms with E-state index in [1.54, 1.807) is 11.3 Å². The summed E-state index contributed by atoms with van der Waals surface area (Å²) in [5, 5.41) is 3.79. The maximum absolute atomic E-state index is 12.9. The molecule has 2 heterocycles. The van der Waals surface area contributed by atoms with Gasteiger partial charge in [0.1, 0.15) is 0 Å². The Morgan fingerprint density at radius 2 is 2.03 bits per heavy atom. The van der Waals surface area contributed by atoms with Gasteiger partial charge in [0.05, 0.1) is 16.1 Å². The molecule has 1 aromatic heterocycles. The fourth-order valence-electron chi connectivity index (χ4n) is 3.87. The van der Waals surface area contributed by atoms with Gasteiger partial charge in [-0.3, -0.25) is 4.79 Å². The number of carbonyl (C=O) groups excluding carboxylic acids is 1. The van der Waals surface area contributed by atoms with Crippen LogP contribution in [0.15, 0.2) is 48.5 Å². The number of likely N-dealkylation sites (tertiary alicyclic amines) is 1. The molecule has 6 heteroatoms. The van der Waals surface area contributed by atoms with Crippen molar-refractivity contribution in [2.24, 2.45) is 5.92 Å². The highest BCUT2D eigenvalue weighted by atomic mass is 32.1. The standard InChI is InChI=1S/C23H28N4OS/c1-26(2)14-15-27-13-7-10-18(16-27)22(28)25-23-24-21-19(11-6-12-20(21)29-23)17-8-4-3-5-9-17/h3-6,8-9,11-12,18H,7,10,13-16H2,1-2H3,(H,24,25,28). The molecule has 1 fully saturated rings. The van der Waals surface area contributed by atoms with Crippen molar-refractivity contribution in [3.05, 3.63) is 48.5 Å². The molecule has 0 aliphatic carbocycles. The lowest BCUT2D eigenvalue weighted by Gasteiger charge is -2.32. The summed E-state index contributed by atoms with van der Waals surface area (Å²) in [5.74, 6) is 0.131. The molecular formula is C23H28N4OS. The number of nitrogens with one attached hydrogen (secondary N) is 1. The molecule has 152 valence electrons. The Hall–Kier alpha value is -2.28. The minimum Gasteiger partial charge on any atom is -0.308 e. The molecule has 1 aliphatic heterocycles. The normalized spacial score (nSPS) is 17.7. The molecule has 1 N–H and O–H groups in total. The lowest BCUT2D eigenvalue weighted by molar-refractivity contribution is -0.121. The van der Waals surface area contributed by atoms with E-state index in [1.165, 1.54) is 0 Å². The van der Waals surface area contributed by atoms with E-state index in [0.717, 1.165) is 60.4 Å². The highest BCUT2D eigenvalue weighted by Gasteiger charge is 2.26. The van der Waals surface area contributed by atoms with Crippen LogP contribution < -0.4 is 5.32 Å². The number of likely N-dealkylation sites (N-methyl/N-ethyl adjacent to an activating group) is 1. The van der Waals surface area contributed by atoms with E-state index in [1.807, 2.05) is 18.2 Å². The lowest BCUT2D eigenvalue weighted by atomic mass is 9.97. The predicted octanol–water partition coefficient (Wildman–Crippen LogP) is 4.18. The van der Waals surface area contributed by atoms with Gasteiger partial charge in [0, 0.05) is 25.2 Å². The van der Waals surface area contributed by atoms with Crippen LogP contribution in [-0.4, -0.2) is 61.0 Å². The van der Waals surface area contributed by atoms with Gasteiger partial charge < -0.3 is 15.1 Å². The monoisotopic (exact) mass is 408 g/mol. The molecule has 1 atom stereocenters. The second-order valence-electron chi connectivity index (χ2n) is 7.97. The summed E-state index contributed by atoms with van der Waals surface area (Å²) in [7, 11) is 4.18. The van der Waals surface area contributed by atoms with E-state index in [-0.39, 0.29) is 11.8 Å². The number of aromatic nitrogens is 1. The van der Waals surface area contributed by atoms with Crippen molar-refractivity contribution in [1.82, 2.24) is 14.8 Å². The van der Waals surface area contributed by atoms with E-state index >= 15 is 0 Å². The zero-order chi connectivity index (χ0) is 20.2. The van der Waals surface area contributed by atoms with Crippen LogP contribution in [0.1, 0.15) is 12.8 Å². The number of benzene rings is 2. The molecule has 1 saturated heterocycles. The topological polar surface area (TPSA) is 48.5 Å². The lowest BCUT2D eigenvalue weighted by Crippen LogP contribution is -2.43. The molecule has 3 aromatic rings. The summed E-state index contributed by atoms with van der Waals surface area (Å²) in [6, 6.07) is 16.5. The van der Waals surface area contributed by atoms with E-state index in [9.17, 15) is 4.79 Å². The van der Waals surface area contributed by atoms with Crippen LogP contribution in [-0.2, 0) is 4.79 Å². The molecule has 0 saturated carbocycles. The van der Waals surface area contributed by atoms with E-state index in [2.05, 4.69) is 59.5 Å². The second-order valence-corrected chi connectivity index (χ2v) is 9.00. The van der Waals surface area contributed by atoms with Crippen molar-refractivity contribution < 1.29 is 4.79 Å². The number of amides is 1. The third kappa shape index (κ3) is 4.83. The minimum atomic E-state index is 0.0338. The number of anilines is 1. The van der Waals surface area contributed by atoms with Gasteiger partial charge in [-0.1, -0.05) is 53.8 Å². The number of hydrogen-bond acceptors (Lipinski definition) is 5. The molecule has 4 rings (SSSR count). The van der Waals surface area contributed by atoms with Gasteiger partial charge in [-0.15, -0.1) is 0 Å². The first-order valence-electron chi connectivity index (χ1n) is 10.2. The maximum Gasteiger partial charge on any atom is 0.230 e. The smallest absolute Gasteiger partial charge is 0.230 e. The molecule has 0 spiro atoms. The van der Waals surface area contributed by atoms with Crippen LogP contribution in [0.5, 0.6) is 0 Å². The van der Waals surface area contributed by atoms with Crippen LogP contribution in [0.3, 0.4) is 0 Å². The Balaban J connectivity index is 1.47. The van der Waals surface area contributed by atoms with Gasteiger partial charge in [0.2, 0.25) is 5.91 Å². The maximum atomic E-state index is 12.9. The Morgan fingerprint density at radius 1 is 1.21 bits per heavy atom. The summed E-state index contributed by atoms with van der Waals surface area (Å²) in [5.41, 5.74) is 3.20. The van der Waals surface area contributed by atoms with Crippen molar-refractivity contribution in [3.8, 4) is 11.1 Å². The van der Waals surface area contributed by atoms with Crippen molar-refractivity contribution in [3.63, 3.8) is 0 Å². The number of para-hydroxylation sites is 1. The summed E-state index contributed by atoms with van der Waals surface area (Å²) >= 11 is 1.55. The van der Waals surface area contributed by atoms with Gasteiger partial charge >= 0.3 is 0 Å². The SMILES string of the molecule is CN(C)CCN1CCCC(C(=O)Nc2nc3c(-c4ccccc4)cccc3s2)C1. The zero-order valence-corrected chi connectivity index (χ0v) is 17.9. The van der Waals surface area contributed by atoms with Crippen molar-refractivity contribution in [2.45, 2.75) is 12.8 Å². The molecule has 2 aromatic carbocycles. The summed E-state index contributed by atoms with van der Waals surface area (Å²) in [6.45, 7) is 3.95. The fraction of sp³-hybridized carbons (Fsp3) is 0.391. The fourth-order valence-corrected chi connectivity index (χ4v) is 4.77. The first-order valence-corrected chi connectivity index (χ1v) is 11.0. The van der Waals surface area contributed by atoms with Crippen LogP contribution in [0, 0.1) is 5.92 Å². The Labute approximate surface area is 176 Å². The summed E-state index contributed by atoms with van der Waals surface area (Å²) in [6.07, 6.45) is 2.02. The minimum absolute atomic E-state index is 0.0338. The quantitative estimate of drug-likeness (QED) is 0.665. The number of fused-ring (bicyclic) bond motifs is 1. The van der Waals surface area contributed by atoms with Crippen LogP contribution in [0.4, 0.5) is 5.13 Å². The van der Waals surface area contributed by atoms with E-state index < -0.39 is 0 Å². The average Bonchev–Trinajstić information content (AvgIpc) is 3.15.